The van der Waals surface area contributed by atoms with E-state index in [2.05, 4.69) is 43.9 Å². The normalized spacial score (nSPS) is 11.0. The van der Waals surface area contributed by atoms with E-state index >= 15 is 0 Å². The van der Waals surface area contributed by atoms with E-state index in [1.165, 1.54) is 12.7 Å². The van der Waals surface area contributed by atoms with Gasteiger partial charge in [-0.3, -0.25) is 9.69 Å². The van der Waals surface area contributed by atoms with Crippen molar-refractivity contribution in [1.29, 1.82) is 0 Å². The molecule has 21 heavy (non-hydrogen) atoms. The third-order valence-corrected chi connectivity index (χ3v) is 3.48. The van der Waals surface area contributed by atoms with Crippen molar-refractivity contribution in [1.82, 2.24) is 4.90 Å². The summed E-state index contributed by atoms with van der Waals surface area (Å²) in [6, 6.07) is 6.52. The second kappa shape index (κ2) is 8.67. The van der Waals surface area contributed by atoms with Crippen molar-refractivity contribution in [3.63, 3.8) is 0 Å². The summed E-state index contributed by atoms with van der Waals surface area (Å²) in [5, 5.41) is 0. The number of carbonyl (C=O) groups is 1. The van der Waals surface area contributed by atoms with Gasteiger partial charge in [0.05, 0.1) is 20.3 Å². The molecule has 0 aliphatic heterocycles. The molecule has 0 atom stereocenters. The Bertz CT molecular complexity index is 457. The van der Waals surface area contributed by atoms with E-state index in [4.69, 9.17) is 9.47 Å². The van der Waals surface area contributed by atoms with Crippen molar-refractivity contribution in [2.45, 2.75) is 40.2 Å². The molecule has 0 spiro atoms. The van der Waals surface area contributed by atoms with E-state index in [0.29, 0.717) is 19.2 Å². The van der Waals surface area contributed by atoms with Crippen LogP contribution in [0, 0.1) is 13.8 Å². The standard InChI is InChI=1S/C17H27NO3/c1-13(2)18(12-17(19)20-5)9-6-10-21-16-11-14(3)7-8-15(16)4/h7-8,11,13H,6,9-10,12H2,1-5H3. The Kier molecular flexibility index (Phi) is 7.23. The van der Waals surface area contributed by atoms with Gasteiger partial charge < -0.3 is 9.47 Å². The molecule has 1 aromatic rings. The Morgan fingerprint density at radius 3 is 2.62 bits per heavy atom. The van der Waals surface area contributed by atoms with Crippen LogP contribution in [0.25, 0.3) is 0 Å². The lowest BCUT2D eigenvalue weighted by molar-refractivity contribution is -0.142. The first-order valence-corrected chi connectivity index (χ1v) is 7.45. The Labute approximate surface area is 128 Å². The molecule has 4 nitrogen and oxygen atoms in total. The minimum Gasteiger partial charge on any atom is -0.493 e. The highest BCUT2D eigenvalue weighted by molar-refractivity contribution is 5.71. The lowest BCUT2D eigenvalue weighted by Gasteiger charge is -2.25. The molecule has 0 N–H and O–H groups in total. The number of benzene rings is 1. The third-order valence-electron chi connectivity index (χ3n) is 3.48. The summed E-state index contributed by atoms with van der Waals surface area (Å²) >= 11 is 0. The second-order valence-corrected chi connectivity index (χ2v) is 5.61. The van der Waals surface area contributed by atoms with Gasteiger partial charge in [0.25, 0.3) is 0 Å². The van der Waals surface area contributed by atoms with Crippen LogP contribution in [0.1, 0.15) is 31.4 Å². The molecule has 0 aliphatic rings. The average molecular weight is 293 g/mol. The molecule has 4 heteroatoms. The van der Waals surface area contributed by atoms with E-state index in [9.17, 15) is 4.79 Å². The summed E-state index contributed by atoms with van der Waals surface area (Å²) in [4.78, 5) is 13.5. The van der Waals surface area contributed by atoms with Gasteiger partial charge in [-0.2, -0.15) is 0 Å². The second-order valence-electron chi connectivity index (χ2n) is 5.61. The van der Waals surface area contributed by atoms with Gasteiger partial charge in [-0.15, -0.1) is 0 Å². The van der Waals surface area contributed by atoms with Gasteiger partial charge in [0.1, 0.15) is 5.75 Å². The summed E-state index contributed by atoms with van der Waals surface area (Å²) in [5.74, 6) is 0.748. The zero-order chi connectivity index (χ0) is 15.8. The number of carbonyl (C=O) groups excluding carboxylic acids is 1. The van der Waals surface area contributed by atoms with Crippen molar-refractivity contribution in [2.24, 2.45) is 0 Å². The maximum absolute atomic E-state index is 11.4. The van der Waals surface area contributed by atoms with Gasteiger partial charge in [0, 0.05) is 12.6 Å². The zero-order valence-electron chi connectivity index (χ0n) is 13.8. The van der Waals surface area contributed by atoms with Crippen LogP contribution in [-0.2, 0) is 9.53 Å². The fourth-order valence-electron chi connectivity index (χ4n) is 2.06. The number of aryl methyl sites for hydroxylation is 2. The Hall–Kier alpha value is -1.55. The summed E-state index contributed by atoms with van der Waals surface area (Å²) in [6.07, 6.45) is 0.878. The quantitative estimate of drug-likeness (QED) is 0.545. The predicted octanol–water partition coefficient (Wildman–Crippen LogP) is 2.96. The first-order valence-electron chi connectivity index (χ1n) is 7.45. The highest BCUT2D eigenvalue weighted by Gasteiger charge is 2.13. The molecule has 1 rings (SSSR count). The van der Waals surface area contributed by atoms with E-state index in [-0.39, 0.29) is 5.97 Å². The number of nitrogens with zero attached hydrogens (tertiary/aromatic N) is 1. The smallest absolute Gasteiger partial charge is 0.319 e. The lowest BCUT2D eigenvalue weighted by atomic mass is 10.1. The molecule has 0 aliphatic carbocycles. The number of rotatable bonds is 8. The number of methoxy groups -OCH3 is 1. The van der Waals surface area contributed by atoms with Crippen LogP contribution < -0.4 is 4.74 Å². The highest BCUT2D eigenvalue weighted by Crippen LogP contribution is 2.19. The van der Waals surface area contributed by atoms with E-state index in [1.54, 1.807) is 0 Å². The molecule has 1 aromatic carbocycles. The summed E-state index contributed by atoms with van der Waals surface area (Å²) in [6.45, 7) is 10.1. The van der Waals surface area contributed by atoms with Crippen LogP contribution in [0.15, 0.2) is 18.2 Å². The van der Waals surface area contributed by atoms with Gasteiger partial charge >= 0.3 is 5.97 Å². The monoisotopic (exact) mass is 293 g/mol. The van der Waals surface area contributed by atoms with Gasteiger partial charge in [-0.1, -0.05) is 12.1 Å². The third kappa shape index (κ3) is 6.17. The SMILES string of the molecule is COC(=O)CN(CCCOc1cc(C)ccc1C)C(C)C. The molecule has 0 heterocycles. The van der Waals surface area contributed by atoms with Gasteiger partial charge in [0.15, 0.2) is 0 Å². The predicted molar refractivity (Wildman–Crippen MR) is 84.8 cm³/mol. The molecule has 0 fully saturated rings. The van der Waals surface area contributed by atoms with Crippen molar-refractivity contribution < 1.29 is 14.3 Å². The molecule has 0 bridgehead atoms. The van der Waals surface area contributed by atoms with E-state index in [0.717, 1.165) is 24.3 Å². The van der Waals surface area contributed by atoms with Crippen LogP contribution in [0.3, 0.4) is 0 Å². The van der Waals surface area contributed by atoms with Crippen molar-refractivity contribution in [3.05, 3.63) is 29.3 Å². The Morgan fingerprint density at radius 1 is 1.29 bits per heavy atom. The molecular weight excluding hydrogens is 266 g/mol. The van der Waals surface area contributed by atoms with Crippen LogP contribution in [0.5, 0.6) is 5.75 Å². The van der Waals surface area contributed by atoms with Gasteiger partial charge in [-0.05, 0) is 51.3 Å². The van der Waals surface area contributed by atoms with E-state index < -0.39 is 0 Å². The van der Waals surface area contributed by atoms with Crippen LogP contribution in [0.2, 0.25) is 0 Å². The van der Waals surface area contributed by atoms with E-state index in [1.807, 2.05) is 6.92 Å². The molecule has 0 radical (unpaired) electrons. The molecule has 118 valence electrons. The Balaban J connectivity index is 2.40. The largest absolute Gasteiger partial charge is 0.493 e. The topological polar surface area (TPSA) is 38.8 Å². The number of hydrogen-bond acceptors (Lipinski definition) is 4. The summed E-state index contributed by atoms with van der Waals surface area (Å²) < 4.78 is 10.6. The summed E-state index contributed by atoms with van der Waals surface area (Å²) in [5.41, 5.74) is 2.35. The summed E-state index contributed by atoms with van der Waals surface area (Å²) in [7, 11) is 1.42. The molecule has 0 amide bonds. The van der Waals surface area contributed by atoms with Crippen LogP contribution in [0.4, 0.5) is 0 Å². The van der Waals surface area contributed by atoms with Gasteiger partial charge in [-0.25, -0.2) is 0 Å². The molecule has 0 saturated heterocycles. The van der Waals surface area contributed by atoms with Gasteiger partial charge in [0.2, 0.25) is 0 Å². The number of esters is 1. The minimum atomic E-state index is -0.195. The fourth-order valence-corrected chi connectivity index (χ4v) is 2.06. The first-order chi connectivity index (χ1) is 9.93. The molecule has 0 aromatic heterocycles. The molecule has 0 saturated carbocycles. The van der Waals surface area contributed by atoms with Crippen LogP contribution in [-0.4, -0.2) is 43.7 Å². The van der Waals surface area contributed by atoms with Crippen molar-refractivity contribution >= 4 is 5.97 Å². The maximum atomic E-state index is 11.4. The van der Waals surface area contributed by atoms with Crippen molar-refractivity contribution in [3.8, 4) is 5.75 Å². The van der Waals surface area contributed by atoms with Crippen molar-refractivity contribution in [2.75, 3.05) is 26.8 Å². The fraction of sp³-hybridized carbons (Fsp3) is 0.588. The first kappa shape index (κ1) is 17.5. The lowest BCUT2D eigenvalue weighted by Crippen LogP contribution is -2.37. The zero-order valence-corrected chi connectivity index (χ0v) is 13.8. The Morgan fingerprint density at radius 2 is 2.00 bits per heavy atom. The highest BCUT2D eigenvalue weighted by atomic mass is 16.5. The minimum absolute atomic E-state index is 0.195. The average Bonchev–Trinajstić information content (AvgIpc) is 2.45. The maximum Gasteiger partial charge on any atom is 0.319 e. The number of ether oxygens (including phenoxy) is 2. The molecular formula is C17H27NO3. The molecule has 0 unspecified atom stereocenters. The number of hydrogen-bond donors (Lipinski definition) is 0. The van der Waals surface area contributed by atoms with Crippen LogP contribution >= 0.6 is 0 Å².